The van der Waals surface area contributed by atoms with Crippen LogP contribution < -0.4 is 20.3 Å². The number of guanidine groups is 1. The van der Waals surface area contributed by atoms with Crippen LogP contribution in [0.5, 0.6) is 5.75 Å². The molecule has 31 heavy (non-hydrogen) atoms. The Labute approximate surface area is 207 Å². The molecule has 2 N–H and O–H groups in total. The number of likely N-dealkylation sites (tertiary alicyclic amines) is 1. The average Bonchev–Trinajstić information content (AvgIpc) is 3.45. The van der Waals surface area contributed by atoms with E-state index in [9.17, 15) is 0 Å². The molecule has 172 valence electrons. The van der Waals surface area contributed by atoms with Crippen LogP contribution in [0.2, 0.25) is 0 Å². The average molecular weight is 559 g/mol. The Hall–Kier alpha value is -1.59. The molecule has 9 heteroatoms. The first-order valence-electron chi connectivity index (χ1n) is 10.6. The Morgan fingerprint density at radius 3 is 2.71 bits per heavy atom. The number of nitrogens with zero attached hydrogens (tertiary/aromatic N) is 4. The van der Waals surface area contributed by atoms with Crippen LogP contribution in [0.25, 0.3) is 0 Å². The van der Waals surface area contributed by atoms with Gasteiger partial charge in [-0.25, -0.2) is 9.98 Å². The van der Waals surface area contributed by atoms with E-state index >= 15 is 0 Å². The quantitative estimate of drug-likeness (QED) is 0.278. The van der Waals surface area contributed by atoms with Gasteiger partial charge in [-0.3, -0.25) is 4.90 Å². The monoisotopic (exact) mass is 558 g/mol. The smallest absolute Gasteiger partial charge is 0.191 e. The highest BCUT2D eigenvalue weighted by Crippen LogP contribution is 2.27. The second-order valence-corrected chi connectivity index (χ2v) is 8.46. The van der Waals surface area contributed by atoms with Crippen molar-refractivity contribution in [2.75, 3.05) is 52.3 Å². The number of anilines is 1. The van der Waals surface area contributed by atoms with Gasteiger partial charge in [0.05, 0.1) is 25.4 Å². The third-order valence-electron chi connectivity index (χ3n) is 5.19. The van der Waals surface area contributed by atoms with E-state index in [1.165, 1.54) is 18.4 Å². The van der Waals surface area contributed by atoms with Gasteiger partial charge in [0.15, 0.2) is 11.1 Å². The Bertz CT molecular complexity index is 822. The second-order valence-electron chi connectivity index (χ2n) is 7.63. The molecule has 1 aromatic heterocycles. The van der Waals surface area contributed by atoms with Crippen molar-refractivity contribution in [3.63, 3.8) is 0 Å². The van der Waals surface area contributed by atoms with E-state index in [-0.39, 0.29) is 30.0 Å². The molecule has 0 amide bonds. The van der Waals surface area contributed by atoms with Crippen molar-refractivity contribution < 1.29 is 4.74 Å². The van der Waals surface area contributed by atoms with Gasteiger partial charge in [-0.2, -0.15) is 0 Å². The van der Waals surface area contributed by atoms with Gasteiger partial charge in [-0.15, -0.1) is 35.3 Å². The predicted octanol–water partition coefficient (Wildman–Crippen LogP) is 3.73. The number of nitrogens with one attached hydrogen (secondary N) is 2. The van der Waals surface area contributed by atoms with Crippen LogP contribution in [-0.4, -0.2) is 63.2 Å². The maximum atomic E-state index is 5.45. The Kier molecular flexibility index (Phi) is 10.8. The van der Waals surface area contributed by atoms with Crippen LogP contribution >= 0.6 is 35.3 Å². The summed E-state index contributed by atoms with van der Waals surface area (Å²) in [6.45, 7) is 6.52. The van der Waals surface area contributed by atoms with Crippen molar-refractivity contribution in [2.45, 2.75) is 32.4 Å². The van der Waals surface area contributed by atoms with Crippen molar-refractivity contribution in [1.82, 2.24) is 20.5 Å². The summed E-state index contributed by atoms with van der Waals surface area (Å²) in [5, 5.41) is 10.00. The lowest BCUT2D eigenvalue weighted by Crippen LogP contribution is -2.42. The van der Waals surface area contributed by atoms with Crippen LogP contribution in [0.4, 0.5) is 5.13 Å². The fourth-order valence-electron chi connectivity index (χ4n) is 3.63. The molecule has 1 aromatic carbocycles. The standard InChI is InChI=1S/C22H34N6OS.HI/c1-5-23-21(24-14-18-16-30-22(26-18)27(2)3)25-15-20(28-11-6-7-12-28)17-9-8-10-19(13-17)29-4;/h8-10,13,16,20H,5-7,11-12,14-15H2,1-4H3,(H2,23,24,25);1H. The minimum atomic E-state index is 0. The van der Waals surface area contributed by atoms with Crippen molar-refractivity contribution in [3.8, 4) is 5.75 Å². The van der Waals surface area contributed by atoms with E-state index in [1.54, 1.807) is 18.4 Å². The van der Waals surface area contributed by atoms with Crippen molar-refractivity contribution >= 4 is 46.4 Å². The second kappa shape index (κ2) is 13.1. The summed E-state index contributed by atoms with van der Waals surface area (Å²) in [5.41, 5.74) is 2.26. The normalized spacial score (nSPS) is 15.3. The van der Waals surface area contributed by atoms with Crippen LogP contribution in [-0.2, 0) is 6.54 Å². The number of hydrogen-bond acceptors (Lipinski definition) is 6. The molecule has 1 saturated heterocycles. The summed E-state index contributed by atoms with van der Waals surface area (Å²) in [6.07, 6.45) is 2.51. The number of halogens is 1. The maximum absolute atomic E-state index is 5.45. The molecule has 2 aromatic rings. The zero-order valence-corrected chi connectivity index (χ0v) is 22.1. The summed E-state index contributed by atoms with van der Waals surface area (Å²) in [5.74, 6) is 1.72. The maximum Gasteiger partial charge on any atom is 0.191 e. The molecule has 1 fully saturated rings. The number of ether oxygens (including phenoxy) is 1. The minimum Gasteiger partial charge on any atom is -0.497 e. The first-order chi connectivity index (χ1) is 14.6. The number of hydrogen-bond donors (Lipinski definition) is 2. The Balaban J connectivity index is 0.00000341. The van der Waals surface area contributed by atoms with Crippen LogP contribution in [0.3, 0.4) is 0 Å². The van der Waals surface area contributed by atoms with E-state index < -0.39 is 0 Å². The molecule has 1 atom stereocenters. The van der Waals surface area contributed by atoms with Gasteiger partial charge in [0.2, 0.25) is 0 Å². The summed E-state index contributed by atoms with van der Waals surface area (Å²) >= 11 is 1.64. The SMILES string of the molecule is CCNC(=NCc1csc(N(C)C)n1)NCC(c1cccc(OC)c1)N1CCCC1.I. The van der Waals surface area contributed by atoms with E-state index in [0.29, 0.717) is 6.54 Å². The third kappa shape index (κ3) is 7.50. The first-order valence-corrected chi connectivity index (χ1v) is 11.5. The van der Waals surface area contributed by atoms with Gasteiger partial charge < -0.3 is 20.3 Å². The third-order valence-corrected chi connectivity index (χ3v) is 6.25. The van der Waals surface area contributed by atoms with Crippen LogP contribution in [0.15, 0.2) is 34.6 Å². The van der Waals surface area contributed by atoms with Crippen molar-refractivity contribution in [2.24, 2.45) is 4.99 Å². The molecule has 0 radical (unpaired) electrons. The molecule has 7 nitrogen and oxygen atoms in total. The van der Waals surface area contributed by atoms with Gasteiger partial charge in [0, 0.05) is 32.6 Å². The number of methoxy groups -OCH3 is 1. The van der Waals surface area contributed by atoms with E-state index in [4.69, 9.17) is 9.73 Å². The zero-order valence-electron chi connectivity index (χ0n) is 18.9. The van der Waals surface area contributed by atoms with E-state index in [2.05, 4.69) is 51.0 Å². The molecule has 1 aliphatic heterocycles. The lowest BCUT2D eigenvalue weighted by atomic mass is 10.1. The number of thiazole rings is 1. The van der Waals surface area contributed by atoms with Gasteiger partial charge in [0.25, 0.3) is 0 Å². The lowest BCUT2D eigenvalue weighted by molar-refractivity contribution is 0.245. The largest absolute Gasteiger partial charge is 0.497 e. The molecule has 2 heterocycles. The molecule has 1 aliphatic rings. The highest BCUT2D eigenvalue weighted by atomic mass is 127. The van der Waals surface area contributed by atoms with Gasteiger partial charge in [0.1, 0.15) is 5.75 Å². The van der Waals surface area contributed by atoms with E-state index in [0.717, 1.165) is 48.7 Å². The highest BCUT2D eigenvalue weighted by molar-refractivity contribution is 14.0. The molecule has 1 unspecified atom stereocenters. The minimum absolute atomic E-state index is 0. The summed E-state index contributed by atoms with van der Waals surface area (Å²) in [7, 11) is 5.74. The fourth-order valence-corrected chi connectivity index (χ4v) is 4.38. The van der Waals surface area contributed by atoms with E-state index in [1.807, 2.05) is 25.1 Å². The first kappa shape index (κ1) is 25.7. The molecular formula is C22H35IN6OS. The summed E-state index contributed by atoms with van der Waals surface area (Å²) in [4.78, 5) is 14.0. The number of aromatic nitrogens is 1. The van der Waals surface area contributed by atoms with Crippen LogP contribution in [0, 0.1) is 0 Å². The zero-order chi connectivity index (χ0) is 21.3. The molecular weight excluding hydrogens is 523 g/mol. The number of aliphatic imine (C=N–C) groups is 1. The lowest BCUT2D eigenvalue weighted by Gasteiger charge is -2.29. The molecule has 0 aliphatic carbocycles. The molecule has 0 saturated carbocycles. The van der Waals surface area contributed by atoms with Crippen molar-refractivity contribution in [1.29, 1.82) is 0 Å². The topological polar surface area (TPSA) is 65.0 Å². The number of benzene rings is 1. The number of rotatable bonds is 9. The Morgan fingerprint density at radius 1 is 1.29 bits per heavy atom. The molecule has 3 rings (SSSR count). The van der Waals surface area contributed by atoms with Crippen molar-refractivity contribution in [3.05, 3.63) is 40.9 Å². The predicted molar refractivity (Wildman–Crippen MR) is 141 cm³/mol. The summed E-state index contributed by atoms with van der Waals surface area (Å²) in [6, 6.07) is 8.69. The fraction of sp³-hybridized carbons (Fsp3) is 0.545. The molecule has 0 bridgehead atoms. The highest BCUT2D eigenvalue weighted by Gasteiger charge is 2.24. The summed E-state index contributed by atoms with van der Waals surface area (Å²) < 4.78 is 5.45. The van der Waals surface area contributed by atoms with Gasteiger partial charge in [-0.05, 0) is 50.6 Å². The Morgan fingerprint density at radius 2 is 2.06 bits per heavy atom. The van der Waals surface area contributed by atoms with Gasteiger partial charge >= 0.3 is 0 Å². The molecule has 0 spiro atoms. The van der Waals surface area contributed by atoms with Crippen LogP contribution in [0.1, 0.15) is 37.1 Å². The van der Waals surface area contributed by atoms with Gasteiger partial charge in [-0.1, -0.05) is 12.1 Å².